The predicted molar refractivity (Wildman–Crippen MR) is 122 cm³/mol. The van der Waals surface area contributed by atoms with Gasteiger partial charge in [-0.05, 0) is 70.0 Å². The fourth-order valence-electron chi connectivity index (χ4n) is 3.31. The molecule has 0 unspecified atom stereocenters. The van der Waals surface area contributed by atoms with E-state index >= 15 is 0 Å². The maximum atomic E-state index is 10.8. The van der Waals surface area contributed by atoms with E-state index in [4.69, 9.17) is 9.98 Å². The molecule has 0 bridgehead atoms. The summed E-state index contributed by atoms with van der Waals surface area (Å²) in [6, 6.07) is 16.2. The molecule has 32 heavy (non-hydrogen) atoms. The van der Waals surface area contributed by atoms with Crippen LogP contribution in [0, 0.1) is 30.9 Å². The predicted octanol–water partition coefficient (Wildman–Crippen LogP) is 3.20. The van der Waals surface area contributed by atoms with Gasteiger partial charge in [0.15, 0.2) is 0 Å². The third-order valence-electron chi connectivity index (χ3n) is 4.76. The first-order valence-corrected chi connectivity index (χ1v) is 9.65. The van der Waals surface area contributed by atoms with Gasteiger partial charge in [0.05, 0.1) is 39.1 Å². The first-order valence-electron chi connectivity index (χ1n) is 9.65. The molecule has 168 valence electrons. The van der Waals surface area contributed by atoms with Gasteiger partial charge in [-0.15, -0.1) is 0 Å². The Labute approximate surface area is 205 Å². The average Bonchev–Trinajstić information content (AvgIpc) is 2.71. The molecule has 6 nitrogen and oxygen atoms in total. The van der Waals surface area contributed by atoms with Crippen molar-refractivity contribution in [1.29, 1.82) is 0 Å². The van der Waals surface area contributed by atoms with Gasteiger partial charge in [0, 0.05) is 29.2 Å². The molecule has 0 aliphatic carbocycles. The van der Waals surface area contributed by atoms with Gasteiger partial charge in [0.1, 0.15) is 0 Å². The molecule has 0 saturated carbocycles. The van der Waals surface area contributed by atoms with Crippen LogP contribution < -0.4 is 12.4 Å². The molecule has 1 aromatic heterocycles. The Morgan fingerprint density at radius 3 is 1.88 bits per heavy atom. The molecule has 0 amide bonds. The first-order chi connectivity index (χ1) is 14.2. The van der Waals surface area contributed by atoms with E-state index in [1.807, 2.05) is 32.0 Å². The summed E-state index contributed by atoms with van der Waals surface area (Å²) in [5.41, 5.74) is 8.22. The third kappa shape index (κ3) is 6.57. The van der Waals surface area contributed by atoms with E-state index in [0.717, 1.165) is 39.6 Å². The Kier molecular flexibility index (Phi) is 9.91. The van der Waals surface area contributed by atoms with E-state index in [1.54, 1.807) is 12.1 Å². The second-order valence-electron chi connectivity index (χ2n) is 7.32. The molecule has 1 heterocycles. The van der Waals surface area contributed by atoms with E-state index < -0.39 is 4.92 Å². The van der Waals surface area contributed by atoms with Crippen LogP contribution in [0.5, 0.6) is 0 Å². The minimum Gasteiger partial charge on any atom is -1.00 e. The second kappa shape index (κ2) is 11.7. The molecule has 3 aromatic rings. The van der Waals surface area contributed by atoms with Gasteiger partial charge in [-0.3, -0.25) is 20.1 Å². The van der Waals surface area contributed by atoms with Crippen LogP contribution in [0.2, 0.25) is 0 Å². The van der Waals surface area contributed by atoms with E-state index in [2.05, 4.69) is 37.9 Å². The van der Waals surface area contributed by atoms with Crippen LogP contribution in [0.3, 0.4) is 0 Å². The van der Waals surface area contributed by atoms with Crippen LogP contribution >= 0.6 is 0 Å². The number of aromatic nitrogens is 1. The van der Waals surface area contributed by atoms with Gasteiger partial charge >= 0.3 is 0 Å². The number of rotatable bonds is 5. The van der Waals surface area contributed by atoms with Gasteiger partial charge in [-0.25, -0.2) is 4.98 Å². The largest absolute Gasteiger partial charge is 1.00 e. The number of nitrogens with zero attached hydrogens (tertiary/aromatic N) is 4. The summed E-state index contributed by atoms with van der Waals surface area (Å²) in [7, 11) is 0. The van der Waals surface area contributed by atoms with Crippen molar-refractivity contribution in [2.75, 3.05) is 0 Å². The minimum absolute atomic E-state index is 0. The van der Waals surface area contributed by atoms with E-state index in [0.29, 0.717) is 5.69 Å². The number of nitro benzene ring substituents is 1. The smallest absolute Gasteiger partial charge is 0.269 e. The molecule has 3 rings (SSSR count). The second-order valence-corrected chi connectivity index (χ2v) is 7.32. The average molecular weight is 492 g/mol. The van der Waals surface area contributed by atoms with E-state index in [-0.39, 0.29) is 35.2 Å². The molecule has 0 atom stereocenters. The summed E-state index contributed by atoms with van der Waals surface area (Å²) in [6.45, 7) is 10.0. The van der Waals surface area contributed by atoms with Crippen LogP contribution in [0.25, 0.3) is 0 Å². The fraction of sp³-hybridized carbons (Fsp3) is 0.208. The van der Waals surface area contributed by atoms with Crippen molar-refractivity contribution in [2.45, 2.75) is 34.6 Å². The number of aliphatic imine (C=N–C) groups is 2. The van der Waals surface area contributed by atoms with Gasteiger partial charge in [0.25, 0.3) is 5.69 Å². The molecular weight excluding hydrogens is 468 g/mol. The number of hydrogen-bond acceptors (Lipinski definition) is 5. The summed E-state index contributed by atoms with van der Waals surface area (Å²) in [4.78, 5) is 24.5. The van der Waals surface area contributed by atoms with Crippen molar-refractivity contribution in [2.24, 2.45) is 9.98 Å². The molecule has 0 spiro atoms. The molecular formula is C24H24ClFeN4O2-. The van der Waals surface area contributed by atoms with Gasteiger partial charge in [-0.2, -0.15) is 0 Å². The Morgan fingerprint density at radius 1 is 0.875 bits per heavy atom. The Bertz CT molecular complexity index is 1150. The Hall–Kier alpha value is -2.86. The number of aryl methyl sites for hydroxylation is 3. The van der Waals surface area contributed by atoms with Crippen molar-refractivity contribution >= 4 is 28.5 Å². The first kappa shape index (κ1) is 27.2. The van der Waals surface area contributed by atoms with Crippen molar-refractivity contribution in [3.05, 3.63) is 92.8 Å². The fourth-order valence-corrected chi connectivity index (χ4v) is 3.31. The number of pyridine rings is 1. The van der Waals surface area contributed by atoms with Crippen LogP contribution in [-0.2, 0) is 17.1 Å². The number of halogens is 1. The van der Waals surface area contributed by atoms with Crippen molar-refractivity contribution in [3.63, 3.8) is 0 Å². The molecule has 0 N–H and O–H groups in total. The number of nitro groups is 1. The zero-order valence-corrected chi connectivity index (χ0v) is 20.4. The SMILES string of the molecule is C/C(=N\c1ccc([N+](=O)[O-])cc1)c1cccc(/C(C)=N/c2c(C)cc(C)cc2C)n1.[Cl-].[Fe]. The topological polar surface area (TPSA) is 80.8 Å². The molecule has 0 aliphatic rings. The number of hydrogen-bond donors (Lipinski definition) is 0. The summed E-state index contributed by atoms with van der Waals surface area (Å²) in [5.74, 6) is 0. The molecule has 0 aliphatic heterocycles. The van der Waals surface area contributed by atoms with Gasteiger partial charge in [-0.1, -0.05) is 23.8 Å². The van der Waals surface area contributed by atoms with Crippen molar-refractivity contribution < 1.29 is 34.4 Å². The van der Waals surface area contributed by atoms with Crippen molar-refractivity contribution in [3.8, 4) is 0 Å². The Morgan fingerprint density at radius 2 is 1.38 bits per heavy atom. The summed E-state index contributed by atoms with van der Waals surface area (Å²) in [5, 5.41) is 10.8. The van der Waals surface area contributed by atoms with Gasteiger partial charge < -0.3 is 12.4 Å². The number of benzene rings is 2. The van der Waals surface area contributed by atoms with Crippen molar-refractivity contribution in [1.82, 2.24) is 4.98 Å². The molecule has 0 fully saturated rings. The molecule has 2 aromatic carbocycles. The monoisotopic (exact) mass is 491 g/mol. The number of non-ortho nitro benzene ring substituents is 1. The maximum absolute atomic E-state index is 10.8. The summed E-state index contributed by atoms with van der Waals surface area (Å²) >= 11 is 0. The minimum atomic E-state index is -0.426. The Balaban J connectivity index is 0.00000256. The van der Waals surface area contributed by atoms with E-state index in [1.165, 1.54) is 17.7 Å². The summed E-state index contributed by atoms with van der Waals surface area (Å²) in [6.07, 6.45) is 0. The molecule has 8 heteroatoms. The van der Waals surface area contributed by atoms with Crippen LogP contribution in [-0.4, -0.2) is 21.3 Å². The quantitative estimate of drug-likeness (QED) is 0.238. The maximum Gasteiger partial charge on any atom is 0.269 e. The normalized spacial score (nSPS) is 11.4. The zero-order chi connectivity index (χ0) is 21.8. The van der Waals surface area contributed by atoms with Crippen LogP contribution in [0.1, 0.15) is 41.9 Å². The zero-order valence-electron chi connectivity index (χ0n) is 18.5. The standard InChI is InChI=1S/C24H24N4O2.ClH.Fe/c1-15-13-16(2)24(17(3)14-15)26-19(5)23-8-6-7-22(27-23)18(4)25-20-9-11-21(12-10-20)28(29)30;;/h6-14H,1-5H3;1H;/p-1/b25-18+,26-19+;;. The van der Waals surface area contributed by atoms with E-state index in [9.17, 15) is 10.1 Å². The summed E-state index contributed by atoms with van der Waals surface area (Å²) < 4.78 is 0. The third-order valence-corrected chi connectivity index (χ3v) is 4.76. The van der Waals surface area contributed by atoms with Crippen LogP contribution in [0.4, 0.5) is 17.1 Å². The van der Waals surface area contributed by atoms with Gasteiger partial charge in [0.2, 0.25) is 0 Å². The molecule has 0 saturated heterocycles. The molecule has 0 radical (unpaired) electrons. The van der Waals surface area contributed by atoms with Crippen LogP contribution in [0.15, 0.2) is 64.6 Å².